The number of carbonyl (C=O) groups is 1. The molecule has 1 aromatic carbocycles. The van der Waals surface area contributed by atoms with Crippen LogP contribution < -0.4 is 5.32 Å². The van der Waals surface area contributed by atoms with Crippen molar-refractivity contribution in [2.75, 3.05) is 5.32 Å². The number of rotatable bonds is 4. The van der Waals surface area contributed by atoms with Gasteiger partial charge in [0.05, 0.1) is 0 Å². The minimum Gasteiger partial charge on any atom is -0.322 e. The number of anilines is 1. The van der Waals surface area contributed by atoms with E-state index in [0.29, 0.717) is 10.7 Å². The molecule has 0 spiro atoms. The van der Waals surface area contributed by atoms with Gasteiger partial charge in [-0.3, -0.25) is 4.79 Å². The van der Waals surface area contributed by atoms with Crippen LogP contribution in [0.3, 0.4) is 0 Å². The van der Waals surface area contributed by atoms with Crippen molar-refractivity contribution in [1.29, 1.82) is 0 Å². The summed E-state index contributed by atoms with van der Waals surface area (Å²) in [6.07, 6.45) is 1.77. The fraction of sp³-hybridized carbons (Fsp3) is 0.250. The number of pyridine rings is 1. The fourth-order valence-corrected chi connectivity index (χ4v) is 2.90. The third-order valence-corrected chi connectivity index (χ3v) is 3.92. The lowest BCUT2D eigenvalue weighted by molar-refractivity contribution is 0.102. The van der Waals surface area contributed by atoms with Gasteiger partial charge >= 0.3 is 0 Å². The summed E-state index contributed by atoms with van der Waals surface area (Å²) in [6.45, 7) is 4.04. The van der Waals surface area contributed by atoms with Crippen molar-refractivity contribution in [2.45, 2.75) is 26.7 Å². The average Bonchev–Trinajstić information content (AvgIpc) is 2.41. The molecule has 0 unspecified atom stereocenters. The molecule has 0 fully saturated rings. The Morgan fingerprint density at radius 3 is 2.76 bits per heavy atom. The number of halogens is 2. The van der Waals surface area contributed by atoms with Crippen LogP contribution >= 0.6 is 34.2 Å². The standard InChI is InChI=1S/C16H16ClIN2O/c1-3-4-13-8-11(9-15(17)19-13)16(21)20-14-6-5-12(18)7-10(14)2/h5-9H,3-4H2,1-2H3,(H,20,21). The molecule has 0 saturated carbocycles. The monoisotopic (exact) mass is 414 g/mol. The van der Waals surface area contributed by atoms with Gasteiger partial charge in [0.25, 0.3) is 5.91 Å². The predicted molar refractivity (Wildman–Crippen MR) is 95.1 cm³/mol. The van der Waals surface area contributed by atoms with Crippen molar-refractivity contribution < 1.29 is 4.79 Å². The molecule has 21 heavy (non-hydrogen) atoms. The molecule has 0 saturated heterocycles. The summed E-state index contributed by atoms with van der Waals surface area (Å²) < 4.78 is 1.14. The summed E-state index contributed by atoms with van der Waals surface area (Å²) in [6, 6.07) is 9.29. The van der Waals surface area contributed by atoms with Gasteiger partial charge in [-0.15, -0.1) is 0 Å². The van der Waals surface area contributed by atoms with Crippen molar-refractivity contribution in [3.05, 3.63) is 55.9 Å². The van der Waals surface area contributed by atoms with E-state index >= 15 is 0 Å². The Hall–Kier alpha value is -1.14. The van der Waals surface area contributed by atoms with E-state index in [2.05, 4.69) is 39.8 Å². The highest BCUT2D eigenvalue weighted by molar-refractivity contribution is 14.1. The highest BCUT2D eigenvalue weighted by Gasteiger charge is 2.11. The number of nitrogens with zero attached hydrogens (tertiary/aromatic N) is 1. The number of hydrogen-bond donors (Lipinski definition) is 1. The zero-order chi connectivity index (χ0) is 15.4. The predicted octanol–water partition coefficient (Wildman–Crippen LogP) is 4.85. The van der Waals surface area contributed by atoms with E-state index in [0.717, 1.165) is 33.4 Å². The number of nitrogens with one attached hydrogen (secondary N) is 1. The molecule has 1 aromatic heterocycles. The van der Waals surface area contributed by atoms with E-state index in [9.17, 15) is 4.79 Å². The van der Waals surface area contributed by atoms with Gasteiger partial charge in [0.1, 0.15) is 5.15 Å². The molecule has 0 aliphatic rings. The first-order chi connectivity index (χ1) is 9.99. The molecule has 1 heterocycles. The minimum absolute atomic E-state index is 0.166. The number of aromatic nitrogens is 1. The molecule has 1 amide bonds. The maximum atomic E-state index is 12.4. The van der Waals surface area contributed by atoms with Crippen molar-refractivity contribution in [3.63, 3.8) is 0 Å². The minimum atomic E-state index is -0.166. The highest BCUT2D eigenvalue weighted by atomic mass is 127. The molecule has 0 atom stereocenters. The van der Waals surface area contributed by atoms with Crippen molar-refractivity contribution >= 4 is 45.8 Å². The third-order valence-electron chi connectivity index (χ3n) is 3.05. The van der Waals surface area contributed by atoms with Gasteiger partial charge in [0, 0.05) is 20.5 Å². The lowest BCUT2D eigenvalue weighted by Gasteiger charge is -2.10. The summed E-state index contributed by atoms with van der Waals surface area (Å²) in [4.78, 5) is 16.6. The Morgan fingerprint density at radius 1 is 1.33 bits per heavy atom. The second-order valence-corrected chi connectivity index (χ2v) is 6.47. The number of amides is 1. The van der Waals surface area contributed by atoms with Crippen LogP contribution in [0.15, 0.2) is 30.3 Å². The van der Waals surface area contributed by atoms with E-state index in [1.807, 2.05) is 25.1 Å². The van der Waals surface area contributed by atoms with E-state index in [1.165, 1.54) is 0 Å². The molecule has 0 aliphatic heterocycles. The van der Waals surface area contributed by atoms with E-state index < -0.39 is 0 Å². The van der Waals surface area contributed by atoms with Crippen LogP contribution in [0.25, 0.3) is 0 Å². The van der Waals surface area contributed by atoms with Crippen LogP contribution in [0.1, 0.15) is 35.0 Å². The Kier molecular flexibility index (Phi) is 5.58. The molecule has 3 nitrogen and oxygen atoms in total. The van der Waals surface area contributed by atoms with Crippen LogP contribution in [-0.2, 0) is 6.42 Å². The van der Waals surface area contributed by atoms with Crippen molar-refractivity contribution in [1.82, 2.24) is 4.98 Å². The smallest absolute Gasteiger partial charge is 0.255 e. The molecule has 110 valence electrons. The lowest BCUT2D eigenvalue weighted by atomic mass is 10.1. The van der Waals surface area contributed by atoms with Gasteiger partial charge < -0.3 is 5.32 Å². The van der Waals surface area contributed by atoms with Crippen molar-refractivity contribution in [3.8, 4) is 0 Å². The number of benzene rings is 1. The summed E-state index contributed by atoms with van der Waals surface area (Å²) in [7, 11) is 0. The first-order valence-electron chi connectivity index (χ1n) is 6.73. The van der Waals surface area contributed by atoms with E-state index in [4.69, 9.17) is 11.6 Å². The third kappa shape index (κ3) is 4.41. The second kappa shape index (κ2) is 7.22. The van der Waals surface area contributed by atoms with Gasteiger partial charge in [-0.1, -0.05) is 24.9 Å². The molecule has 2 rings (SSSR count). The van der Waals surface area contributed by atoms with Crippen LogP contribution in [0.2, 0.25) is 5.15 Å². The molecule has 0 radical (unpaired) electrons. The Bertz CT molecular complexity index is 673. The summed E-state index contributed by atoms with van der Waals surface area (Å²) in [5, 5.41) is 3.27. The molecule has 0 aliphatic carbocycles. The number of hydrogen-bond acceptors (Lipinski definition) is 2. The largest absolute Gasteiger partial charge is 0.322 e. The quantitative estimate of drug-likeness (QED) is 0.574. The molecule has 2 aromatic rings. The Labute approximate surface area is 143 Å². The highest BCUT2D eigenvalue weighted by Crippen LogP contribution is 2.19. The molecular formula is C16H16ClIN2O. The van der Waals surface area contributed by atoms with Crippen LogP contribution in [-0.4, -0.2) is 10.9 Å². The second-order valence-electron chi connectivity index (χ2n) is 4.83. The summed E-state index contributed by atoms with van der Waals surface area (Å²) in [5.41, 5.74) is 3.22. The number of aryl methyl sites for hydroxylation is 2. The van der Waals surface area contributed by atoms with Gasteiger partial charge in [-0.2, -0.15) is 0 Å². The molecular weight excluding hydrogens is 399 g/mol. The summed E-state index contributed by atoms with van der Waals surface area (Å²) in [5.74, 6) is -0.166. The maximum absolute atomic E-state index is 12.4. The Morgan fingerprint density at radius 2 is 2.10 bits per heavy atom. The summed E-state index contributed by atoms with van der Waals surface area (Å²) >= 11 is 8.24. The van der Waals surface area contributed by atoms with Crippen molar-refractivity contribution in [2.24, 2.45) is 0 Å². The molecule has 5 heteroatoms. The first-order valence-corrected chi connectivity index (χ1v) is 8.19. The van der Waals surface area contributed by atoms with E-state index in [-0.39, 0.29) is 5.91 Å². The maximum Gasteiger partial charge on any atom is 0.255 e. The van der Waals surface area contributed by atoms with Gasteiger partial charge in [0.15, 0.2) is 0 Å². The first kappa shape index (κ1) is 16.2. The fourth-order valence-electron chi connectivity index (χ4n) is 2.03. The van der Waals surface area contributed by atoms with Crippen LogP contribution in [0.4, 0.5) is 5.69 Å². The average molecular weight is 415 g/mol. The zero-order valence-corrected chi connectivity index (χ0v) is 14.8. The van der Waals surface area contributed by atoms with Gasteiger partial charge in [0.2, 0.25) is 0 Å². The lowest BCUT2D eigenvalue weighted by Crippen LogP contribution is -2.13. The van der Waals surface area contributed by atoms with E-state index in [1.54, 1.807) is 12.1 Å². The van der Waals surface area contributed by atoms with Crippen LogP contribution in [0.5, 0.6) is 0 Å². The topological polar surface area (TPSA) is 42.0 Å². The zero-order valence-electron chi connectivity index (χ0n) is 11.9. The Balaban J connectivity index is 2.23. The molecule has 1 N–H and O–H groups in total. The number of carbonyl (C=O) groups excluding carboxylic acids is 1. The normalized spacial score (nSPS) is 10.5. The van der Waals surface area contributed by atoms with Crippen LogP contribution in [0, 0.1) is 10.5 Å². The molecule has 0 bridgehead atoms. The van der Waals surface area contributed by atoms with Gasteiger partial charge in [-0.25, -0.2) is 4.98 Å². The SMILES string of the molecule is CCCc1cc(C(=O)Nc2ccc(I)cc2C)cc(Cl)n1. The van der Waals surface area contributed by atoms with Gasteiger partial charge in [-0.05, 0) is 71.8 Å².